The van der Waals surface area contributed by atoms with E-state index in [9.17, 15) is 9.90 Å². The highest BCUT2D eigenvalue weighted by molar-refractivity contribution is 6.50. The fourth-order valence-corrected chi connectivity index (χ4v) is 3.58. The third kappa shape index (κ3) is 3.80. The summed E-state index contributed by atoms with van der Waals surface area (Å²) in [4.78, 5) is 11.3. The fraction of sp³-hybridized carbons (Fsp3) is 0.533. The summed E-state index contributed by atoms with van der Waals surface area (Å²) in [6.45, 7) is 7.59. The molecule has 1 unspecified atom stereocenters. The zero-order valence-electron chi connectivity index (χ0n) is 13.3. The van der Waals surface area contributed by atoms with Gasteiger partial charge in [0.1, 0.15) is 0 Å². The molecule has 126 valence electrons. The van der Waals surface area contributed by atoms with Crippen LogP contribution in [0.5, 0.6) is 0 Å². The summed E-state index contributed by atoms with van der Waals surface area (Å²) in [5, 5.41) is 10.2. The van der Waals surface area contributed by atoms with Crippen molar-refractivity contribution < 1.29 is 19.2 Å². The SMILES string of the molecule is CC1(C)OB(C(CC(=O)O)c2c(Cl)cc(Cl)cc2Cl)OC1(C)C. The van der Waals surface area contributed by atoms with Crippen LogP contribution in [0.25, 0.3) is 0 Å². The van der Waals surface area contributed by atoms with Crippen molar-refractivity contribution in [3.05, 3.63) is 32.8 Å². The zero-order valence-corrected chi connectivity index (χ0v) is 15.6. The molecule has 1 aliphatic rings. The van der Waals surface area contributed by atoms with Crippen LogP contribution in [0.15, 0.2) is 12.1 Å². The molecule has 1 aromatic rings. The smallest absolute Gasteiger partial charge is 0.466 e. The lowest BCUT2D eigenvalue weighted by molar-refractivity contribution is -0.137. The number of carboxylic acid groups (broad SMARTS) is 1. The van der Waals surface area contributed by atoms with Crippen molar-refractivity contribution in [2.45, 2.75) is 51.1 Å². The van der Waals surface area contributed by atoms with Crippen LogP contribution in [0.1, 0.15) is 45.5 Å². The van der Waals surface area contributed by atoms with Crippen molar-refractivity contribution in [1.82, 2.24) is 0 Å². The lowest BCUT2D eigenvalue weighted by Crippen LogP contribution is -2.41. The molecule has 0 aromatic heterocycles. The molecule has 0 amide bonds. The maximum Gasteiger partial charge on any atom is 0.466 e. The molecule has 4 nitrogen and oxygen atoms in total. The second-order valence-corrected chi connectivity index (χ2v) is 7.86. The van der Waals surface area contributed by atoms with E-state index >= 15 is 0 Å². The molecule has 8 heteroatoms. The zero-order chi connectivity index (χ0) is 17.6. The van der Waals surface area contributed by atoms with Gasteiger partial charge in [0.05, 0.1) is 17.6 Å². The van der Waals surface area contributed by atoms with Gasteiger partial charge in [-0.25, -0.2) is 0 Å². The minimum Gasteiger partial charge on any atom is -0.481 e. The lowest BCUT2D eigenvalue weighted by atomic mass is 9.66. The van der Waals surface area contributed by atoms with Crippen LogP contribution in [-0.4, -0.2) is 29.4 Å². The molecule has 23 heavy (non-hydrogen) atoms. The molecule has 0 bridgehead atoms. The Hall–Kier alpha value is -0.455. The quantitative estimate of drug-likeness (QED) is 0.761. The Bertz CT molecular complexity index is 594. The molecule has 2 rings (SSSR count). The van der Waals surface area contributed by atoms with E-state index in [2.05, 4.69) is 0 Å². The highest BCUT2D eigenvalue weighted by Crippen LogP contribution is 2.45. The molecular formula is C15H18BCl3O4. The predicted molar refractivity (Wildman–Crippen MR) is 92.5 cm³/mol. The van der Waals surface area contributed by atoms with Gasteiger partial charge in [0.25, 0.3) is 0 Å². The van der Waals surface area contributed by atoms with E-state index in [0.717, 1.165) is 0 Å². The summed E-state index contributed by atoms with van der Waals surface area (Å²) < 4.78 is 12.0. The first-order chi connectivity index (χ1) is 10.4. The molecule has 1 heterocycles. The Morgan fingerprint density at radius 3 is 1.96 bits per heavy atom. The summed E-state index contributed by atoms with van der Waals surface area (Å²) in [7, 11) is -0.771. The maximum atomic E-state index is 11.3. The van der Waals surface area contributed by atoms with Crippen molar-refractivity contribution in [2.24, 2.45) is 0 Å². The minimum atomic E-state index is -0.994. The highest BCUT2D eigenvalue weighted by Gasteiger charge is 2.54. The first-order valence-corrected chi connectivity index (χ1v) is 8.30. The number of halogens is 3. The standard InChI is InChI=1S/C15H18BCl3O4/c1-14(2)15(3,4)23-16(22-14)9(7-12(20)21)13-10(18)5-8(17)6-11(13)19/h5-6,9H,7H2,1-4H3,(H,20,21). The average molecular weight is 379 g/mol. The summed E-state index contributed by atoms with van der Waals surface area (Å²) in [6, 6.07) is 3.06. The molecule has 1 saturated heterocycles. The average Bonchev–Trinajstić information content (AvgIpc) is 2.55. The van der Waals surface area contributed by atoms with Gasteiger partial charge in [-0.1, -0.05) is 34.8 Å². The Morgan fingerprint density at radius 1 is 1.13 bits per heavy atom. The molecule has 1 aromatic carbocycles. The van der Waals surface area contributed by atoms with Gasteiger partial charge in [-0.15, -0.1) is 0 Å². The number of aliphatic carboxylic acids is 1. The summed E-state index contributed by atoms with van der Waals surface area (Å²) in [5.41, 5.74) is -0.696. The number of carbonyl (C=O) groups is 1. The summed E-state index contributed by atoms with van der Waals surface area (Å²) in [6.07, 6.45) is -0.224. The van der Waals surface area contributed by atoms with Gasteiger partial charge < -0.3 is 14.4 Å². The van der Waals surface area contributed by atoms with Gasteiger partial charge in [-0.3, -0.25) is 4.79 Å². The van der Waals surface area contributed by atoms with Crippen LogP contribution < -0.4 is 0 Å². The van der Waals surface area contributed by atoms with Gasteiger partial charge in [-0.05, 0) is 45.4 Å². The second kappa shape index (κ2) is 6.45. The van der Waals surface area contributed by atoms with Gasteiger partial charge in [0.2, 0.25) is 0 Å². The molecule has 1 atom stereocenters. The molecule has 0 spiro atoms. The number of benzene rings is 1. The van der Waals surface area contributed by atoms with E-state index in [1.54, 1.807) is 0 Å². The molecule has 1 fully saturated rings. The van der Waals surface area contributed by atoms with E-state index in [4.69, 9.17) is 44.1 Å². The summed E-state index contributed by atoms with van der Waals surface area (Å²) >= 11 is 18.5. The van der Waals surface area contributed by atoms with Crippen molar-refractivity contribution in [1.29, 1.82) is 0 Å². The first-order valence-electron chi connectivity index (χ1n) is 7.16. The molecular weight excluding hydrogens is 361 g/mol. The minimum absolute atomic E-state index is 0.224. The van der Waals surface area contributed by atoms with Crippen molar-refractivity contribution >= 4 is 47.9 Å². The molecule has 1 aliphatic heterocycles. The fourth-order valence-electron chi connectivity index (χ4n) is 2.48. The van der Waals surface area contributed by atoms with Crippen molar-refractivity contribution in [3.8, 4) is 0 Å². The Balaban J connectivity index is 2.46. The van der Waals surface area contributed by atoms with Gasteiger partial charge in [-0.2, -0.15) is 0 Å². The van der Waals surface area contributed by atoms with Crippen molar-refractivity contribution in [3.63, 3.8) is 0 Å². The first kappa shape index (κ1) is 18.9. The topological polar surface area (TPSA) is 55.8 Å². The normalized spacial score (nSPS) is 20.6. The van der Waals surface area contributed by atoms with Gasteiger partial charge in [0, 0.05) is 20.9 Å². The van der Waals surface area contributed by atoms with Crippen LogP contribution in [0.2, 0.25) is 15.1 Å². The lowest BCUT2D eigenvalue weighted by Gasteiger charge is -2.32. The van der Waals surface area contributed by atoms with E-state index < -0.39 is 30.1 Å². The Labute approximate surface area is 151 Å². The van der Waals surface area contributed by atoms with Crippen LogP contribution in [0.3, 0.4) is 0 Å². The van der Waals surface area contributed by atoms with Gasteiger partial charge >= 0.3 is 13.1 Å². The second-order valence-electron chi connectivity index (χ2n) is 6.61. The largest absolute Gasteiger partial charge is 0.481 e. The molecule has 0 aliphatic carbocycles. The van der Waals surface area contributed by atoms with Crippen molar-refractivity contribution in [2.75, 3.05) is 0 Å². The maximum absolute atomic E-state index is 11.3. The van der Waals surface area contributed by atoms with E-state index in [1.807, 2.05) is 27.7 Å². The number of carboxylic acids is 1. The van der Waals surface area contributed by atoms with E-state index in [0.29, 0.717) is 20.6 Å². The summed E-state index contributed by atoms with van der Waals surface area (Å²) in [5.74, 6) is -1.64. The van der Waals surface area contributed by atoms with E-state index in [1.165, 1.54) is 12.1 Å². The molecule has 0 saturated carbocycles. The van der Waals surface area contributed by atoms with Crippen LogP contribution in [0.4, 0.5) is 0 Å². The Kier molecular flexibility index (Phi) is 5.30. The number of hydrogen-bond acceptors (Lipinski definition) is 3. The third-order valence-corrected chi connectivity index (χ3v) is 5.25. The highest BCUT2D eigenvalue weighted by atomic mass is 35.5. The van der Waals surface area contributed by atoms with Crippen LogP contribution in [0, 0.1) is 0 Å². The number of rotatable bonds is 4. The van der Waals surface area contributed by atoms with Crippen LogP contribution in [-0.2, 0) is 14.1 Å². The molecule has 0 radical (unpaired) electrons. The Morgan fingerprint density at radius 2 is 1.57 bits per heavy atom. The number of hydrogen-bond donors (Lipinski definition) is 1. The monoisotopic (exact) mass is 378 g/mol. The van der Waals surface area contributed by atoms with E-state index in [-0.39, 0.29) is 6.42 Å². The van der Waals surface area contributed by atoms with Gasteiger partial charge in [0.15, 0.2) is 0 Å². The predicted octanol–water partition coefficient (Wildman–Crippen LogP) is 4.84. The third-order valence-electron chi connectivity index (χ3n) is 4.41. The van der Waals surface area contributed by atoms with Crippen LogP contribution >= 0.6 is 34.8 Å². The molecule has 1 N–H and O–H groups in total.